The van der Waals surface area contributed by atoms with Gasteiger partial charge in [-0.15, -0.1) is 0 Å². The average Bonchev–Trinajstić information content (AvgIpc) is 2.70. The molecule has 1 heterocycles. The largest absolute Gasteiger partial charge is 0.494 e. The quantitative estimate of drug-likeness (QED) is 0.474. The van der Waals surface area contributed by atoms with Crippen LogP contribution >= 0.6 is 15.9 Å². The van der Waals surface area contributed by atoms with Crippen LogP contribution in [0.3, 0.4) is 0 Å². The van der Waals surface area contributed by atoms with E-state index < -0.39 is 0 Å². The Balaban J connectivity index is 1.97. The zero-order valence-corrected chi connectivity index (χ0v) is 12.0. The topological polar surface area (TPSA) is 35.5 Å². The first-order valence-electron chi connectivity index (χ1n) is 6.19. The number of carbonyl (C=O) groups excluding carboxylic acids is 1. The van der Waals surface area contributed by atoms with Gasteiger partial charge in [-0.25, -0.2) is 0 Å². The van der Waals surface area contributed by atoms with Gasteiger partial charge in [-0.2, -0.15) is 0 Å². The molecule has 0 unspecified atom stereocenters. The van der Waals surface area contributed by atoms with Crippen LogP contribution in [0.5, 0.6) is 5.75 Å². The summed E-state index contributed by atoms with van der Waals surface area (Å²) in [7, 11) is 0. The van der Waals surface area contributed by atoms with Crippen molar-refractivity contribution in [3.63, 3.8) is 0 Å². The predicted octanol–water partition coefficient (Wildman–Crippen LogP) is 3.47. The number of hydrogen-bond donors (Lipinski definition) is 0. The molecule has 0 N–H and O–H groups in total. The Labute approximate surface area is 116 Å². The minimum atomic E-state index is -0.106. The van der Waals surface area contributed by atoms with Crippen molar-refractivity contribution in [2.45, 2.75) is 25.9 Å². The summed E-state index contributed by atoms with van der Waals surface area (Å²) in [5.41, 5.74) is 1.04. The highest BCUT2D eigenvalue weighted by molar-refractivity contribution is 9.09. The lowest BCUT2D eigenvalue weighted by Crippen LogP contribution is -2.04. The van der Waals surface area contributed by atoms with Crippen molar-refractivity contribution in [2.75, 3.05) is 11.9 Å². The molecule has 2 atom stereocenters. The van der Waals surface area contributed by atoms with Gasteiger partial charge < -0.3 is 9.47 Å². The van der Waals surface area contributed by atoms with Crippen molar-refractivity contribution in [3.8, 4) is 5.75 Å². The molecule has 0 radical (unpaired) electrons. The first kappa shape index (κ1) is 13.4. The molecule has 18 heavy (non-hydrogen) atoms. The van der Waals surface area contributed by atoms with Crippen LogP contribution in [0.15, 0.2) is 24.3 Å². The van der Waals surface area contributed by atoms with Crippen molar-refractivity contribution in [2.24, 2.45) is 5.92 Å². The summed E-state index contributed by atoms with van der Waals surface area (Å²) in [6, 6.07) is 7.82. The van der Waals surface area contributed by atoms with Gasteiger partial charge in [-0.1, -0.05) is 35.0 Å². The number of hydrogen-bond acceptors (Lipinski definition) is 3. The van der Waals surface area contributed by atoms with Crippen molar-refractivity contribution in [3.05, 3.63) is 29.8 Å². The van der Waals surface area contributed by atoms with Crippen molar-refractivity contribution >= 4 is 21.9 Å². The van der Waals surface area contributed by atoms with E-state index in [1.807, 2.05) is 31.2 Å². The number of benzene rings is 1. The van der Waals surface area contributed by atoms with E-state index in [0.717, 1.165) is 23.1 Å². The van der Waals surface area contributed by atoms with Gasteiger partial charge in [0.1, 0.15) is 11.9 Å². The molecule has 0 saturated carbocycles. The molecule has 2 rings (SSSR count). The first-order valence-corrected chi connectivity index (χ1v) is 7.31. The Morgan fingerprint density at radius 3 is 2.67 bits per heavy atom. The van der Waals surface area contributed by atoms with Crippen LogP contribution in [0.4, 0.5) is 0 Å². The van der Waals surface area contributed by atoms with Crippen LogP contribution in [-0.2, 0) is 9.53 Å². The average molecular weight is 313 g/mol. The monoisotopic (exact) mass is 312 g/mol. The number of esters is 1. The Hall–Kier alpha value is -1.03. The number of carbonyl (C=O) groups is 1. The summed E-state index contributed by atoms with van der Waals surface area (Å²) in [4.78, 5) is 11.2. The van der Waals surface area contributed by atoms with Gasteiger partial charge in [-0.3, -0.25) is 4.79 Å². The Bertz CT molecular complexity index is 402. The lowest BCUT2D eigenvalue weighted by Gasteiger charge is -2.14. The molecule has 3 nitrogen and oxygen atoms in total. The summed E-state index contributed by atoms with van der Waals surface area (Å²) in [5.74, 6) is 1.000. The molecule has 0 spiro atoms. The highest BCUT2D eigenvalue weighted by Gasteiger charge is 2.32. The molecule has 4 heteroatoms. The second-order valence-corrected chi connectivity index (χ2v) is 5.34. The second-order valence-electron chi connectivity index (χ2n) is 4.55. The fourth-order valence-corrected chi connectivity index (χ4v) is 2.30. The predicted molar refractivity (Wildman–Crippen MR) is 73.0 cm³/mol. The molecule has 0 bridgehead atoms. The van der Waals surface area contributed by atoms with E-state index in [0.29, 0.717) is 13.0 Å². The zero-order chi connectivity index (χ0) is 13.0. The van der Waals surface area contributed by atoms with Gasteiger partial charge >= 0.3 is 5.97 Å². The number of halogens is 1. The molecule has 0 aromatic heterocycles. The van der Waals surface area contributed by atoms with Crippen LogP contribution in [0, 0.1) is 5.92 Å². The van der Waals surface area contributed by atoms with Crippen LogP contribution in [0.1, 0.15) is 31.4 Å². The Kier molecular flexibility index (Phi) is 4.64. The third kappa shape index (κ3) is 3.25. The summed E-state index contributed by atoms with van der Waals surface area (Å²) >= 11 is 3.36. The highest BCUT2D eigenvalue weighted by atomic mass is 79.9. The molecule has 1 aliphatic rings. The molecule has 1 aromatic rings. The fourth-order valence-electron chi connectivity index (χ4n) is 2.07. The van der Waals surface area contributed by atoms with Crippen LogP contribution in [-0.4, -0.2) is 17.9 Å². The van der Waals surface area contributed by atoms with Gasteiger partial charge in [-0.05, 0) is 24.1 Å². The molecule has 1 saturated heterocycles. The summed E-state index contributed by atoms with van der Waals surface area (Å²) in [6.45, 7) is 2.75. The van der Waals surface area contributed by atoms with Gasteiger partial charge in [0.2, 0.25) is 0 Å². The van der Waals surface area contributed by atoms with E-state index in [1.54, 1.807) is 0 Å². The number of ether oxygens (including phenoxy) is 2. The molecule has 1 aliphatic heterocycles. The highest BCUT2D eigenvalue weighted by Crippen LogP contribution is 2.35. The standard InChI is InChI=1S/C14H17BrO3/c1-10-9-13(16)18-14(10)11-3-5-12(6-4-11)17-8-2-7-15/h3-6,10,14H,2,7-9H2,1H3/t10-,14+/m1/s1. The third-order valence-electron chi connectivity index (χ3n) is 3.02. The summed E-state index contributed by atoms with van der Waals surface area (Å²) in [6.07, 6.45) is 1.39. The van der Waals surface area contributed by atoms with Gasteiger partial charge in [0, 0.05) is 11.2 Å². The summed E-state index contributed by atoms with van der Waals surface area (Å²) in [5, 5.41) is 0.945. The summed E-state index contributed by atoms with van der Waals surface area (Å²) < 4.78 is 10.9. The maximum absolute atomic E-state index is 11.2. The lowest BCUT2D eigenvalue weighted by molar-refractivity contribution is -0.141. The maximum atomic E-state index is 11.2. The van der Waals surface area contributed by atoms with Crippen molar-refractivity contribution in [1.82, 2.24) is 0 Å². The van der Waals surface area contributed by atoms with E-state index in [9.17, 15) is 4.79 Å². The smallest absolute Gasteiger partial charge is 0.306 e. The molecule has 1 aromatic carbocycles. The van der Waals surface area contributed by atoms with Crippen molar-refractivity contribution in [1.29, 1.82) is 0 Å². The van der Waals surface area contributed by atoms with Crippen LogP contribution < -0.4 is 4.74 Å². The molecule has 0 amide bonds. The molecular formula is C14H17BrO3. The van der Waals surface area contributed by atoms with Crippen molar-refractivity contribution < 1.29 is 14.3 Å². The SMILES string of the molecule is C[C@@H]1CC(=O)O[C@@H]1c1ccc(OCCCBr)cc1. The number of alkyl halides is 1. The fraction of sp³-hybridized carbons (Fsp3) is 0.500. The minimum absolute atomic E-state index is 0.103. The second kappa shape index (κ2) is 6.23. The Morgan fingerprint density at radius 1 is 1.39 bits per heavy atom. The van der Waals surface area contributed by atoms with E-state index >= 15 is 0 Å². The Morgan fingerprint density at radius 2 is 2.11 bits per heavy atom. The third-order valence-corrected chi connectivity index (χ3v) is 3.58. The van der Waals surface area contributed by atoms with Gasteiger partial charge in [0.25, 0.3) is 0 Å². The normalized spacial score (nSPS) is 22.9. The number of cyclic esters (lactones) is 1. The van der Waals surface area contributed by atoms with Crippen LogP contribution in [0.2, 0.25) is 0 Å². The van der Waals surface area contributed by atoms with E-state index in [2.05, 4.69) is 15.9 Å². The van der Waals surface area contributed by atoms with E-state index in [-0.39, 0.29) is 18.0 Å². The minimum Gasteiger partial charge on any atom is -0.494 e. The van der Waals surface area contributed by atoms with Gasteiger partial charge in [0.05, 0.1) is 13.0 Å². The van der Waals surface area contributed by atoms with E-state index in [4.69, 9.17) is 9.47 Å². The van der Waals surface area contributed by atoms with E-state index in [1.165, 1.54) is 0 Å². The molecule has 98 valence electrons. The first-order chi connectivity index (χ1) is 8.70. The van der Waals surface area contributed by atoms with Gasteiger partial charge in [0.15, 0.2) is 0 Å². The number of rotatable bonds is 5. The molecular weight excluding hydrogens is 296 g/mol. The lowest BCUT2D eigenvalue weighted by atomic mass is 9.97. The molecule has 0 aliphatic carbocycles. The van der Waals surface area contributed by atoms with Crippen LogP contribution in [0.25, 0.3) is 0 Å². The maximum Gasteiger partial charge on any atom is 0.306 e. The molecule has 1 fully saturated rings. The zero-order valence-electron chi connectivity index (χ0n) is 10.4.